The lowest BCUT2D eigenvalue weighted by Gasteiger charge is -2.41. The number of pyridine rings is 1. The van der Waals surface area contributed by atoms with E-state index in [1.165, 1.54) is 11.3 Å². The molecule has 3 aliphatic rings. The predicted octanol–water partition coefficient (Wildman–Crippen LogP) is 6.37. The number of halogens is 1. The number of fused-ring (bicyclic) bond motifs is 1. The molecule has 1 unspecified atom stereocenters. The smallest absolute Gasteiger partial charge is 0.338 e. The molecule has 3 aromatic rings. The van der Waals surface area contributed by atoms with Gasteiger partial charge in [0.05, 0.1) is 28.4 Å². The van der Waals surface area contributed by atoms with Crippen molar-refractivity contribution < 1.29 is 24.2 Å². The summed E-state index contributed by atoms with van der Waals surface area (Å²) in [5, 5.41) is 11.8. The molecule has 1 aromatic carbocycles. The van der Waals surface area contributed by atoms with Crippen molar-refractivity contribution in [2.75, 3.05) is 33.4 Å². The summed E-state index contributed by atoms with van der Waals surface area (Å²) >= 11 is 7.76. The standard InChI is InChI=1S/C33H35ClN4O5S/c1-19-14-25(32-31(35-19)27(18-44-32)33(40)41)24-15-21(34)4-7-30(24)43-13-12-38-20(2)36-28-6-5-22(16-26(28)29(38)17-39)37-10-8-23(42-3)9-11-37/h4,7,14-15,18,22-23H,5-6,8-13,16H2,1-3H3,(H,40,41). The molecule has 44 heavy (non-hydrogen) atoms. The number of carboxylic acid groups (broad SMARTS) is 1. The number of hydrogen-bond acceptors (Lipinski definition) is 9. The highest BCUT2D eigenvalue weighted by atomic mass is 35.5. The van der Waals surface area contributed by atoms with Gasteiger partial charge in [-0.3, -0.25) is 9.88 Å². The van der Waals surface area contributed by atoms with Gasteiger partial charge in [0.15, 0.2) is 5.94 Å². The molecule has 0 saturated carbocycles. The number of amidine groups is 1. The minimum Gasteiger partial charge on any atom is -0.491 e. The van der Waals surface area contributed by atoms with Gasteiger partial charge in [-0.1, -0.05) is 11.6 Å². The van der Waals surface area contributed by atoms with Gasteiger partial charge in [-0.25, -0.2) is 14.6 Å². The summed E-state index contributed by atoms with van der Waals surface area (Å²) in [4.78, 5) is 38.1. The minimum atomic E-state index is -1.02. The first kappa shape index (κ1) is 30.5. The van der Waals surface area contributed by atoms with E-state index in [0.29, 0.717) is 46.4 Å². The van der Waals surface area contributed by atoms with Crippen LogP contribution in [0.1, 0.15) is 55.1 Å². The number of rotatable bonds is 8. The Morgan fingerprint density at radius 2 is 1.98 bits per heavy atom. The minimum absolute atomic E-state index is 0.172. The van der Waals surface area contributed by atoms with Crippen LogP contribution >= 0.6 is 22.9 Å². The highest BCUT2D eigenvalue weighted by Gasteiger charge is 2.34. The van der Waals surface area contributed by atoms with Crippen LogP contribution in [-0.2, 0) is 9.53 Å². The summed E-state index contributed by atoms with van der Waals surface area (Å²) in [6.45, 7) is 6.45. The number of aromatic carboxylic acids is 1. The normalized spacial score (nSPS) is 19.6. The monoisotopic (exact) mass is 634 g/mol. The van der Waals surface area contributed by atoms with Gasteiger partial charge in [-0.2, -0.15) is 0 Å². The van der Waals surface area contributed by atoms with Crippen LogP contribution in [-0.4, -0.2) is 83.1 Å². The molecular weight excluding hydrogens is 600 g/mol. The second kappa shape index (κ2) is 12.8. The number of aryl methyl sites for hydroxylation is 1. The molecule has 2 aliphatic heterocycles. The zero-order valence-electron chi connectivity index (χ0n) is 25.1. The Morgan fingerprint density at radius 1 is 1.18 bits per heavy atom. The van der Waals surface area contributed by atoms with Crippen molar-refractivity contribution in [2.24, 2.45) is 4.99 Å². The van der Waals surface area contributed by atoms with Gasteiger partial charge >= 0.3 is 5.97 Å². The maximum Gasteiger partial charge on any atom is 0.338 e. The van der Waals surface area contributed by atoms with E-state index >= 15 is 0 Å². The van der Waals surface area contributed by atoms with Crippen LogP contribution in [0.5, 0.6) is 5.75 Å². The highest BCUT2D eigenvalue weighted by molar-refractivity contribution is 7.18. The molecule has 6 rings (SSSR count). The van der Waals surface area contributed by atoms with Gasteiger partial charge in [0.2, 0.25) is 0 Å². The Kier molecular flexibility index (Phi) is 8.89. The van der Waals surface area contributed by atoms with Crippen LogP contribution in [0.15, 0.2) is 51.6 Å². The van der Waals surface area contributed by atoms with Gasteiger partial charge in [-0.05, 0) is 70.2 Å². The van der Waals surface area contributed by atoms with Crippen LogP contribution in [0.25, 0.3) is 21.3 Å². The van der Waals surface area contributed by atoms with Crippen molar-refractivity contribution in [3.8, 4) is 16.9 Å². The summed E-state index contributed by atoms with van der Waals surface area (Å²) in [6.07, 6.45) is 5.04. The van der Waals surface area contributed by atoms with E-state index in [2.05, 4.69) is 15.8 Å². The SMILES string of the molecule is COC1CCN(C2CCC3=C(C2)C(=C=O)N(CCOc2ccc(Cl)cc2-c2cc(C)nc4c(C(=O)O)csc24)C(C)=N3)CC1. The van der Waals surface area contributed by atoms with Gasteiger partial charge in [0.25, 0.3) is 0 Å². The lowest BCUT2D eigenvalue weighted by Crippen LogP contribution is -2.45. The molecule has 1 saturated heterocycles. The van der Waals surface area contributed by atoms with Crippen LogP contribution in [0.4, 0.5) is 0 Å². The Labute approximate surface area is 265 Å². The second-order valence-electron chi connectivity index (χ2n) is 11.5. The summed E-state index contributed by atoms with van der Waals surface area (Å²) < 4.78 is 12.6. The fourth-order valence-electron chi connectivity index (χ4n) is 6.60. The molecule has 1 aliphatic carbocycles. The molecule has 1 fully saturated rings. The number of piperidine rings is 1. The van der Waals surface area contributed by atoms with E-state index in [0.717, 1.165) is 78.1 Å². The average molecular weight is 635 g/mol. The predicted molar refractivity (Wildman–Crippen MR) is 173 cm³/mol. The fraction of sp³-hybridized carbons (Fsp3) is 0.424. The molecule has 9 nitrogen and oxygen atoms in total. The Hall–Kier alpha value is -3.53. The number of hydrogen-bond donors (Lipinski definition) is 1. The second-order valence-corrected chi connectivity index (χ2v) is 12.8. The molecule has 0 bridgehead atoms. The molecule has 11 heteroatoms. The first-order chi connectivity index (χ1) is 21.3. The molecule has 230 valence electrons. The Balaban J connectivity index is 1.20. The number of carboxylic acids is 1. The van der Waals surface area contributed by atoms with Crippen molar-refractivity contribution in [3.05, 3.63) is 62.9 Å². The largest absolute Gasteiger partial charge is 0.491 e. The zero-order valence-corrected chi connectivity index (χ0v) is 26.6. The average Bonchev–Trinajstić information content (AvgIpc) is 3.45. The van der Waals surface area contributed by atoms with Gasteiger partial charge < -0.3 is 19.5 Å². The van der Waals surface area contributed by atoms with E-state index in [9.17, 15) is 14.7 Å². The quantitative estimate of drug-likeness (QED) is 0.285. The molecule has 0 amide bonds. The lowest BCUT2D eigenvalue weighted by molar-refractivity contribution is 0.0249. The van der Waals surface area contributed by atoms with E-state index in [4.69, 9.17) is 26.1 Å². The van der Waals surface area contributed by atoms with Crippen molar-refractivity contribution >= 4 is 50.9 Å². The number of allylic oxidation sites excluding steroid dienone is 2. The van der Waals surface area contributed by atoms with E-state index in [1.54, 1.807) is 18.6 Å². The third-order valence-corrected chi connectivity index (χ3v) is 10.1. The summed E-state index contributed by atoms with van der Waals surface area (Å²) in [7, 11) is 1.78. The van der Waals surface area contributed by atoms with Crippen LogP contribution in [0, 0.1) is 6.92 Å². The number of thiophene rings is 1. The number of likely N-dealkylation sites (tertiary alicyclic amines) is 1. The number of ether oxygens (including phenoxy) is 2. The third-order valence-electron chi connectivity index (χ3n) is 8.85. The number of aromatic nitrogens is 1. The number of nitrogens with zero attached hydrogens (tertiary/aromatic N) is 4. The number of methoxy groups -OCH3 is 1. The van der Waals surface area contributed by atoms with Crippen molar-refractivity contribution in [1.29, 1.82) is 0 Å². The van der Waals surface area contributed by atoms with E-state index in [-0.39, 0.29) is 12.2 Å². The van der Waals surface area contributed by atoms with E-state index < -0.39 is 5.97 Å². The van der Waals surface area contributed by atoms with Crippen molar-refractivity contribution in [3.63, 3.8) is 0 Å². The van der Waals surface area contributed by atoms with Crippen molar-refractivity contribution in [1.82, 2.24) is 14.8 Å². The number of benzene rings is 1. The molecule has 1 N–H and O–H groups in total. The zero-order chi connectivity index (χ0) is 31.0. The maximum atomic E-state index is 12.4. The first-order valence-corrected chi connectivity index (χ1v) is 16.1. The summed E-state index contributed by atoms with van der Waals surface area (Å²) in [5.74, 6) is 2.59. The maximum absolute atomic E-state index is 12.4. The number of aliphatic imine (C=N–C) groups is 1. The topological polar surface area (TPSA) is 105 Å². The molecular formula is C33H35ClN4O5S. The van der Waals surface area contributed by atoms with E-state index in [1.807, 2.05) is 36.9 Å². The molecule has 0 radical (unpaired) electrons. The molecule has 0 spiro atoms. The molecule has 1 atom stereocenters. The Morgan fingerprint density at radius 3 is 2.70 bits per heavy atom. The van der Waals surface area contributed by atoms with Crippen LogP contribution < -0.4 is 4.74 Å². The highest BCUT2D eigenvalue weighted by Crippen LogP contribution is 2.41. The fourth-order valence-corrected chi connectivity index (χ4v) is 7.78. The third kappa shape index (κ3) is 5.93. The first-order valence-electron chi connectivity index (χ1n) is 14.9. The Bertz CT molecular complexity index is 1720. The van der Waals surface area contributed by atoms with Gasteiger partial charge in [0.1, 0.15) is 23.9 Å². The number of carbonyl (C=O) groups is 1. The van der Waals surface area contributed by atoms with Gasteiger partial charge in [0, 0.05) is 64.7 Å². The van der Waals surface area contributed by atoms with Crippen LogP contribution in [0.2, 0.25) is 5.02 Å². The lowest BCUT2D eigenvalue weighted by atomic mass is 9.87. The summed E-state index contributed by atoms with van der Waals surface area (Å²) in [5.41, 5.74) is 5.41. The summed E-state index contributed by atoms with van der Waals surface area (Å²) in [6, 6.07) is 7.70. The van der Waals surface area contributed by atoms with Crippen LogP contribution in [0.3, 0.4) is 0 Å². The molecule has 4 heterocycles. The number of carbonyl (C=O) groups excluding carboxylic acids is 1. The van der Waals surface area contributed by atoms with Crippen molar-refractivity contribution in [2.45, 2.75) is 58.1 Å². The van der Waals surface area contributed by atoms with Gasteiger partial charge in [-0.15, -0.1) is 11.3 Å². The molecule has 2 aromatic heterocycles.